The minimum absolute atomic E-state index is 0.290. The van der Waals surface area contributed by atoms with Gasteiger partial charge in [-0.25, -0.2) is 0 Å². The summed E-state index contributed by atoms with van der Waals surface area (Å²) in [5.74, 6) is 0.290. The van der Waals surface area contributed by atoms with Gasteiger partial charge in [-0.3, -0.25) is 4.79 Å². The summed E-state index contributed by atoms with van der Waals surface area (Å²) in [4.78, 5) is 20.3. The Morgan fingerprint density at radius 3 is 2.67 bits per heavy atom. The molecule has 3 aromatic rings. The highest BCUT2D eigenvalue weighted by Crippen LogP contribution is 2.21. The number of anilines is 1. The first-order valence-corrected chi connectivity index (χ1v) is 9.85. The molecule has 0 spiro atoms. The van der Waals surface area contributed by atoms with E-state index in [4.69, 9.17) is 0 Å². The lowest BCUT2D eigenvalue weighted by molar-refractivity contribution is -0.131. The normalized spacial score (nSPS) is 14.7. The Labute approximate surface area is 160 Å². The summed E-state index contributed by atoms with van der Waals surface area (Å²) < 4.78 is 0. The average molecular weight is 361 g/mol. The van der Waals surface area contributed by atoms with E-state index in [1.54, 1.807) is 0 Å². The molecule has 0 atom stereocenters. The first kappa shape index (κ1) is 17.7. The highest BCUT2D eigenvalue weighted by Gasteiger charge is 2.21. The Kier molecular flexibility index (Phi) is 5.14. The maximum atomic E-state index is 12.6. The lowest BCUT2D eigenvalue weighted by Crippen LogP contribution is -2.48. The Morgan fingerprint density at radius 2 is 1.85 bits per heavy atom. The van der Waals surface area contributed by atoms with E-state index in [1.807, 2.05) is 11.0 Å². The second-order valence-corrected chi connectivity index (χ2v) is 7.42. The van der Waals surface area contributed by atoms with Crippen LogP contribution < -0.4 is 4.90 Å². The second kappa shape index (κ2) is 7.87. The maximum absolute atomic E-state index is 12.6. The molecule has 2 heterocycles. The van der Waals surface area contributed by atoms with E-state index in [9.17, 15) is 4.79 Å². The summed E-state index contributed by atoms with van der Waals surface area (Å²) in [6.07, 6.45) is 4.55. The van der Waals surface area contributed by atoms with E-state index in [1.165, 1.54) is 27.7 Å². The number of nitrogens with zero attached hydrogens (tertiary/aromatic N) is 2. The molecule has 0 radical (unpaired) electrons. The van der Waals surface area contributed by atoms with Crippen LogP contribution in [0, 0.1) is 6.92 Å². The maximum Gasteiger partial charge on any atom is 0.222 e. The molecule has 1 saturated heterocycles. The van der Waals surface area contributed by atoms with Crippen LogP contribution in [0.25, 0.3) is 10.9 Å². The van der Waals surface area contributed by atoms with Crippen molar-refractivity contribution in [3.63, 3.8) is 0 Å². The first-order chi connectivity index (χ1) is 13.2. The number of aromatic amines is 1. The van der Waals surface area contributed by atoms with Crippen molar-refractivity contribution in [1.29, 1.82) is 0 Å². The molecule has 1 aliphatic heterocycles. The van der Waals surface area contributed by atoms with Crippen LogP contribution in [-0.4, -0.2) is 42.0 Å². The molecule has 4 nitrogen and oxygen atoms in total. The van der Waals surface area contributed by atoms with Crippen LogP contribution in [0.4, 0.5) is 5.69 Å². The molecule has 1 aliphatic rings. The van der Waals surface area contributed by atoms with Crippen molar-refractivity contribution >= 4 is 22.5 Å². The highest BCUT2D eigenvalue weighted by molar-refractivity contribution is 5.83. The molecule has 0 aliphatic carbocycles. The summed E-state index contributed by atoms with van der Waals surface area (Å²) >= 11 is 0. The Morgan fingerprint density at radius 1 is 1.04 bits per heavy atom. The third-order valence-corrected chi connectivity index (χ3v) is 5.51. The van der Waals surface area contributed by atoms with Gasteiger partial charge >= 0.3 is 0 Å². The Hall–Kier alpha value is -2.75. The number of carbonyl (C=O) groups is 1. The number of rotatable bonds is 5. The predicted molar refractivity (Wildman–Crippen MR) is 111 cm³/mol. The molecule has 1 amide bonds. The predicted octanol–water partition coefficient (Wildman–Crippen LogP) is 4.15. The minimum atomic E-state index is 0.290. The highest BCUT2D eigenvalue weighted by atomic mass is 16.2. The van der Waals surface area contributed by atoms with E-state index >= 15 is 0 Å². The summed E-state index contributed by atoms with van der Waals surface area (Å²) in [5, 5.41) is 1.27. The van der Waals surface area contributed by atoms with Crippen LogP contribution in [0.3, 0.4) is 0 Å². The van der Waals surface area contributed by atoms with Crippen LogP contribution in [0.5, 0.6) is 0 Å². The lowest BCUT2D eigenvalue weighted by atomic mass is 10.1. The zero-order chi connectivity index (χ0) is 18.6. The van der Waals surface area contributed by atoms with Gasteiger partial charge in [0, 0.05) is 55.4 Å². The quantitative estimate of drug-likeness (QED) is 0.742. The number of H-pyrrole nitrogens is 1. The molecule has 0 saturated carbocycles. The zero-order valence-electron chi connectivity index (χ0n) is 15.9. The fourth-order valence-electron chi connectivity index (χ4n) is 3.97. The number of aromatic nitrogens is 1. The molecular formula is C23H27N3O. The number of hydrogen-bond acceptors (Lipinski definition) is 2. The van der Waals surface area contributed by atoms with E-state index in [2.05, 4.69) is 65.5 Å². The number of carbonyl (C=O) groups excluding carboxylic acids is 1. The molecule has 0 unspecified atom stereocenters. The third-order valence-electron chi connectivity index (χ3n) is 5.51. The van der Waals surface area contributed by atoms with Crippen molar-refractivity contribution in [2.24, 2.45) is 0 Å². The van der Waals surface area contributed by atoms with Gasteiger partial charge in [0.05, 0.1) is 0 Å². The monoisotopic (exact) mass is 361 g/mol. The van der Waals surface area contributed by atoms with Gasteiger partial charge in [-0.05, 0) is 49.1 Å². The molecule has 0 bridgehead atoms. The average Bonchev–Trinajstić information content (AvgIpc) is 3.11. The van der Waals surface area contributed by atoms with Gasteiger partial charge in [-0.2, -0.15) is 0 Å². The van der Waals surface area contributed by atoms with Gasteiger partial charge in [0.2, 0.25) is 5.91 Å². The standard InChI is InChI=1S/C23H27N3O/c1-18-6-4-8-20(16-18)25-12-14-26(15-13-25)23(27)11-5-7-19-17-24-22-10-3-2-9-21(19)22/h2-4,6,8-10,16-17,24H,5,7,11-15H2,1H3. The minimum Gasteiger partial charge on any atom is -0.368 e. The van der Waals surface area contributed by atoms with Crippen LogP contribution in [-0.2, 0) is 11.2 Å². The largest absolute Gasteiger partial charge is 0.368 e. The zero-order valence-corrected chi connectivity index (χ0v) is 15.9. The van der Waals surface area contributed by atoms with Crippen molar-refractivity contribution in [2.45, 2.75) is 26.2 Å². The fourth-order valence-corrected chi connectivity index (χ4v) is 3.97. The summed E-state index contributed by atoms with van der Waals surface area (Å²) in [5.41, 5.74) is 5.03. The number of para-hydroxylation sites is 1. The SMILES string of the molecule is Cc1cccc(N2CCN(C(=O)CCCc3c[nH]c4ccccc34)CC2)c1. The van der Waals surface area contributed by atoms with Crippen LogP contribution in [0.1, 0.15) is 24.0 Å². The molecule has 4 heteroatoms. The Bertz CT molecular complexity index is 922. The molecular weight excluding hydrogens is 334 g/mol. The first-order valence-electron chi connectivity index (χ1n) is 9.85. The smallest absolute Gasteiger partial charge is 0.222 e. The lowest BCUT2D eigenvalue weighted by Gasteiger charge is -2.36. The van der Waals surface area contributed by atoms with Gasteiger partial charge < -0.3 is 14.8 Å². The van der Waals surface area contributed by atoms with Gasteiger partial charge in [-0.15, -0.1) is 0 Å². The van der Waals surface area contributed by atoms with Crippen LogP contribution >= 0.6 is 0 Å². The number of aryl methyl sites for hydroxylation is 2. The Balaban J connectivity index is 1.26. The van der Waals surface area contributed by atoms with Gasteiger partial charge in [0.15, 0.2) is 0 Å². The van der Waals surface area contributed by atoms with Crippen molar-refractivity contribution in [3.8, 4) is 0 Å². The molecule has 1 N–H and O–H groups in total. The van der Waals surface area contributed by atoms with E-state index in [-0.39, 0.29) is 0 Å². The topological polar surface area (TPSA) is 39.3 Å². The second-order valence-electron chi connectivity index (χ2n) is 7.42. The van der Waals surface area contributed by atoms with Gasteiger partial charge in [-0.1, -0.05) is 30.3 Å². The molecule has 140 valence electrons. The van der Waals surface area contributed by atoms with Crippen molar-refractivity contribution in [1.82, 2.24) is 9.88 Å². The molecule has 1 fully saturated rings. The molecule has 2 aromatic carbocycles. The van der Waals surface area contributed by atoms with Crippen LogP contribution in [0.15, 0.2) is 54.7 Å². The number of hydrogen-bond donors (Lipinski definition) is 1. The summed E-state index contributed by atoms with van der Waals surface area (Å²) in [7, 11) is 0. The van der Waals surface area contributed by atoms with E-state index in [0.29, 0.717) is 12.3 Å². The molecule has 1 aromatic heterocycles. The van der Waals surface area contributed by atoms with Gasteiger partial charge in [0.1, 0.15) is 0 Å². The van der Waals surface area contributed by atoms with E-state index in [0.717, 1.165) is 39.0 Å². The van der Waals surface area contributed by atoms with Gasteiger partial charge in [0.25, 0.3) is 0 Å². The molecule has 27 heavy (non-hydrogen) atoms. The number of benzene rings is 2. The summed E-state index contributed by atoms with van der Waals surface area (Å²) in [6, 6.07) is 17.0. The third kappa shape index (κ3) is 4.00. The van der Waals surface area contributed by atoms with E-state index < -0.39 is 0 Å². The number of fused-ring (bicyclic) bond motifs is 1. The fraction of sp³-hybridized carbons (Fsp3) is 0.348. The van der Waals surface area contributed by atoms with Crippen molar-refractivity contribution in [3.05, 3.63) is 65.9 Å². The number of nitrogens with one attached hydrogen (secondary N) is 1. The summed E-state index contributed by atoms with van der Waals surface area (Å²) in [6.45, 7) is 5.59. The van der Waals surface area contributed by atoms with Crippen LogP contribution in [0.2, 0.25) is 0 Å². The molecule has 4 rings (SSSR count). The number of piperazine rings is 1. The van der Waals surface area contributed by atoms with Crippen molar-refractivity contribution in [2.75, 3.05) is 31.1 Å². The number of amides is 1. The van der Waals surface area contributed by atoms with Crippen molar-refractivity contribution < 1.29 is 4.79 Å².